The van der Waals surface area contributed by atoms with Gasteiger partial charge in [-0.3, -0.25) is 19.5 Å². The van der Waals surface area contributed by atoms with Gasteiger partial charge in [0.15, 0.2) is 0 Å². The summed E-state index contributed by atoms with van der Waals surface area (Å²) in [7, 11) is 0. The summed E-state index contributed by atoms with van der Waals surface area (Å²) in [6.07, 6.45) is 5.07. The second-order valence-corrected chi connectivity index (χ2v) is 10.6. The summed E-state index contributed by atoms with van der Waals surface area (Å²) in [5, 5.41) is 5.43. The van der Waals surface area contributed by atoms with Gasteiger partial charge in [-0.2, -0.15) is 0 Å². The van der Waals surface area contributed by atoms with E-state index in [4.69, 9.17) is 22.1 Å². The molecule has 1 atom stereocenters. The van der Waals surface area contributed by atoms with E-state index in [1.54, 1.807) is 18.5 Å². The average molecular weight is 499 g/mol. The molecule has 2 saturated heterocycles. The van der Waals surface area contributed by atoms with E-state index in [1.807, 2.05) is 35.8 Å². The zero-order valence-corrected chi connectivity index (χ0v) is 20.8. The maximum absolute atomic E-state index is 13.5. The van der Waals surface area contributed by atoms with Crippen molar-refractivity contribution in [2.45, 2.75) is 44.4 Å². The second-order valence-electron chi connectivity index (χ2n) is 10.1. The topological polar surface area (TPSA) is 117 Å². The number of aromatic nitrogens is 2. The highest BCUT2D eigenvalue weighted by Gasteiger charge is 2.39. The van der Waals surface area contributed by atoms with Crippen molar-refractivity contribution in [1.29, 1.82) is 0 Å². The van der Waals surface area contributed by atoms with Crippen molar-refractivity contribution < 1.29 is 14.3 Å². The standard InChI is InChI=1S/C25H31ClN6O3/c1-25(2)14-32(12-22(33)31-7-4-16(27)5-8-31)21(13-35-25)24(34)30-19-10-15(26)9-18-17-3-6-28-11-20(17)29-23(18)19/h3,6,9-11,16,21,29H,4-5,7-8,12-14,27H2,1-2H3,(H,30,34). The van der Waals surface area contributed by atoms with Crippen molar-refractivity contribution >= 4 is 50.9 Å². The summed E-state index contributed by atoms with van der Waals surface area (Å²) in [5.74, 6) is -0.227. The summed E-state index contributed by atoms with van der Waals surface area (Å²) in [5.41, 5.74) is 7.74. The minimum absolute atomic E-state index is 0.0145. The number of amides is 2. The van der Waals surface area contributed by atoms with Gasteiger partial charge >= 0.3 is 0 Å². The quantitative estimate of drug-likeness (QED) is 0.509. The number of pyridine rings is 1. The van der Waals surface area contributed by atoms with Crippen LogP contribution in [0.1, 0.15) is 26.7 Å². The summed E-state index contributed by atoms with van der Waals surface area (Å²) in [6.45, 7) is 6.06. The predicted octanol–water partition coefficient (Wildman–Crippen LogP) is 2.74. The maximum Gasteiger partial charge on any atom is 0.244 e. The number of hydrogen-bond acceptors (Lipinski definition) is 6. The lowest BCUT2D eigenvalue weighted by atomic mass is 10.0. The molecule has 35 heavy (non-hydrogen) atoms. The lowest BCUT2D eigenvalue weighted by Crippen LogP contribution is -2.60. The largest absolute Gasteiger partial charge is 0.372 e. The predicted molar refractivity (Wildman–Crippen MR) is 136 cm³/mol. The van der Waals surface area contributed by atoms with Gasteiger partial charge in [-0.15, -0.1) is 0 Å². The molecule has 4 heterocycles. The molecule has 0 bridgehead atoms. The zero-order valence-electron chi connectivity index (χ0n) is 20.0. The van der Waals surface area contributed by atoms with Gasteiger partial charge in [0.2, 0.25) is 11.8 Å². The number of H-pyrrole nitrogens is 1. The molecule has 10 heteroatoms. The van der Waals surface area contributed by atoms with E-state index in [0.717, 1.165) is 34.6 Å². The fraction of sp³-hybridized carbons (Fsp3) is 0.480. The average Bonchev–Trinajstić information content (AvgIpc) is 3.18. The van der Waals surface area contributed by atoms with Gasteiger partial charge in [-0.1, -0.05) is 11.6 Å². The first-order valence-electron chi connectivity index (χ1n) is 12.0. The minimum Gasteiger partial charge on any atom is -0.372 e. The van der Waals surface area contributed by atoms with Crippen LogP contribution in [0.15, 0.2) is 30.6 Å². The van der Waals surface area contributed by atoms with Gasteiger partial charge in [0.05, 0.1) is 41.7 Å². The SMILES string of the molecule is CC1(C)CN(CC(=O)N2CCC(N)CC2)C(C(=O)Nc2cc(Cl)cc3c2[nH]c2cnccc23)CO1. The zero-order chi connectivity index (χ0) is 24.7. The van der Waals surface area contributed by atoms with Crippen LogP contribution in [0.2, 0.25) is 5.02 Å². The number of ether oxygens (including phenoxy) is 1. The number of carbonyl (C=O) groups excluding carboxylic acids is 2. The van der Waals surface area contributed by atoms with Crippen LogP contribution in [0.4, 0.5) is 5.69 Å². The number of piperidine rings is 1. The van der Waals surface area contributed by atoms with Crippen LogP contribution in [0.25, 0.3) is 21.8 Å². The molecule has 5 rings (SSSR count). The molecule has 3 aromatic rings. The van der Waals surface area contributed by atoms with Gasteiger partial charge in [-0.25, -0.2) is 0 Å². The fourth-order valence-corrected chi connectivity index (χ4v) is 5.24. The van der Waals surface area contributed by atoms with E-state index >= 15 is 0 Å². The highest BCUT2D eigenvalue weighted by Crippen LogP contribution is 2.33. The fourth-order valence-electron chi connectivity index (χ4n) is 5.02. The Kier molecular flexibility index (Phi) is 6.43. The van der Waals surface area contributed by atoms with Crippen LogP contribution in [-0.2, 0) is 14.3 Å². The number of nitrogens with zero attached hydrogens (tertiary/aromatic N) is 3. The highest BCUT2D eigenvalue weighted by molar-refractivity contribution is 6.33. The Hall–Kier alpha value is -2.72. The minimum atomic E-state index is -0.612. The number of morpholine rings is 1. The number of halogens is 1. The van der Waals surface area contributed by atoms with Crippen molar-refractivity contribution in [3.63, 3.8) is 0 Å². The van der Waals surface area contributed by atoms with Crippen LogP contribution in [-0.4, -0.2) is 82.1 Å². The molecule has 9 nitrogen and oxygen atoms in total. The number of nitrogens with two attached hydrogens (primary N) is 1. The third-order valence-corrected chi connectivity index (χ3v) is 7.14. The molecule has 2 aromatic heterocycles. The molecule has 0 saturated carbocycles. The molecule has 0 aliphatic carbocycles. The first kappa shape index (κ1) is 24.0. The van der Waals surface area contributed by atoms with E-state index in [1.165, 1.54) is 0 Å². The monoisotopic (exact) mass is 498 g/mol. The molecule has 2 aliphatic rings. The van der Waals surface area contributed by atoms with Gasteiger partial charge in [0.25, 0.3) is 0 Å². The van der Waals surface area contributed by atoms with E-state index < -0.39 is 11.6 Å². The number of anilines is 1. The van der Waals surface area contributed by atoms with E-state index in [2.05, 4.69) is 15.3 Å². The Morgan fingerprint density at radius 1 is 1.29 bits per heavy atom. The van der Waals surface area contributed by atoms with Crippen LogP contribution in [0, 0.1) is 0 Å². The van der Waals surface area contributed by atoms with Gasteiger partial charge < -0.3 is 25.7 Å². The Balaban J connectivity index is 1.38. The van der Waals surface area contributed by atoms with Crippen molar-refractivity contribution in [2.24, 2.45) is 5.73 Å². The molecule has 0 radical (unpaired) electrons. The third-order valence-electron chi connectivity index (χ3n) is 6.92. The molecule has 1 aromatic carbocycles. The summed E-state index contributed by atoms with van der Waals surface area (Å²) in [6, 6.07) is 5.04. The van der Waals surface area contributed by atoms with Crippen molar-refractivity contribution in [3.8, 4) is 0 Å². The lowest BCUT2D eigenvalue weighted by Gasteiger charge is -2.43. The number of nitrogens with one attached hydrogen (secondary N) is 2. The Morgan fingerprint density at radius 3 is 2.83 bits per heavy atom. The van der Waals surface area contributed by atoms with E-state index in [-0.39, 0.29) is 31.0 Å². The van der Waals surface area contributed by atoms with Crippen LogP contribution in [0.5, 0.6) is 0 Å². The third kappa shape index (κ3) is 4.99. The molecular weight excluding hydrogens is 468 g/mol. The summed E-state index contributed by atoms with van der Waals surface area (Å²) < 4.78 is 5.98. The van der Waals surface area contributed by atoms with Crippen LogP contribution in [0.3, 0.4) is 0 Å². The molecule has 2 fully saturated rings. The molecule has 2 aliphatic heterocycles. The molecular formula is C25H31ClN6O3. The molecule has 186 valence electrons. The number of carbonyl (C=O) groups is 2. The number of aromatic amines is 1. The van der Waals surface area contributed by atoms with Crippen molar-refractivity contribution in [3.05, 3.63) is 35.6 Å². The first-order chi connectivity index (χ1) is 16.7. The highest BCUT2D eigenvalue weighted by atomic mass is 35.5. The number of fused-ring (bicyclic) bond motifs is 3. The number of likely N-dealkylation sites (tertiary alicyclic amines) is 1. The summed E-state index contributed by atoms with van der Waals surface area (Å²) in [4.78, 5) is 37.9. The molecule has 4 N–H and O–H groups in total. The Bertz CT molecular complexity index is 1270. The van der Waals surface area contributed by atoms with Gasteiger partial charge in [-0.05, 0) is 44.9 Å². The van der Waals surface area contributed by atoms with E-state index in [9.17, 15) is 9.59 Å². The molecule has 2 amide bonds. The smallest absolute Gasteiger partial charge is 0.244 e. The second kappa shape index (κ2) is 9.39. The van der Waals surface area contributed by atoms with Crippen molar-refractivity contribution in [1.82, 2.24) is 19.8 Å². The maximum atomic E-state index is 13.5. The number of hydrogen-bond donors (Lipinski definition) is 3. The van der Waals surface area contributed by atoms with E-state index in [0.29, 0.717) is 30.3 Å². The lowest BCUT2D eigenvalue weighted by molar-refractivity contribution is -0.150. The number of rotatable bonds is 4. The first-order valence-corrected chi connectivity index (χ1v) is 12.4. The van der Waals surface area contributed by atoms with Crippen molar-refractivity contribution in [2.75, 3.05) is 38.1 Å². The van der Waals surface area contributed by atoms with Crippen LogP contribution < -0.4 is 11.1 Å². The molecule has 1 unspecified atom stereocenters. The van der Waals surface area contributed by atoms with Gasteiger partial charge in [0, 0.05) is 47.7 Å². The van der Waals surface area contributed by atoms with Crippen LogP contribution >= 0.6 is 11.6 Å². The Labute approximate surface area is 208 Å². The van der Waals surface area contributed by atoms with Gasteiger partial charge in [0.1, 0.15) is 6.04 Å². The molecule has 0 spiro atoms. The summed E-state index contributed by atoms with van der Waals surface area (Å²) >= 11 is 6.41. The normalized spacial score (nSPS) is 21.5. The number of benzene rings is 1. The Morgan fingerprint density at radius 2 is 2.06 bits per heavy atom.